The molecule has 4 aromatic rings. The van der Waals surface area contributed by atoms with E-state index in [2.05, 4.69) is 135 Å². The highest BCUT2D eigenvalue weighted by Gasteiger charge is 2.58. The summed E-state index contributed by atoms with van der Waals surface area (Å²) >= 11 is 0. The fraction of sp³-hybridized carbons (Fsp3) is 0.250. The smallest absolute Gasteiger partial charge is 0.0654 e. The van der Waals surface area contributed by atoms with E-state index in [0.717, 1.165) is 0 Å². The SMILES string of the molecule is CCCC[Si](CCCC)(c1ccccc1)[Si](c1ccccc1)(c1ccccc1)c1ccccc1. The molecule has 0 fully saturated rings. The van der Waals surface area contributed by atoms with Crippen LogP contribution in [0.25, 0.3) is 0 Å². The van der Waals surface area contributed by atoms with Crippen LogP contribution in [-0.2, 0) is 0 Å². The van der Waals surface area contributed by atoms with Crippen molar-refractivity contribution in [2.24, 2.45) is 0 Å². The Morgan fingerprint density at radius 2 is 0.706 bits per heavy atom. The summed E-state index contributed by atoms with van der Waals surface area (Å²) in [6, 6.07) is 49.3. The molecule has 0 heterocycles. The fourth-order valence-corrected chi connectivity index (χ4v) is 27.2. The summed E-state index contributed by atoms with van der Waals surface area (Å²) in [5, 5.41) is 6.39. The van der Waals surface area contributed by atoms with Crippen LogP contribution in [0.2, 0.25) is 12.1 Å². The van der Waals surface area contributed by atoms with Crippen molar-refractivity contribution in [3.05, 3.63) is 121 Å². The molecule has 0 amide bonds. The molecular formula is C32H38Si2. The van der Waals surface area contributed by atoms with Crippen molar-refractivity contribution in [1.82, 2.24) is 0 Å². The molecule has 34 heavy (non-hydrogen) atoms. The summed E-state index contributed by atoms with van der Waals surface area (Å²) in [7, 11) is -4.46. The van der Waals surface area contributed by atoms with E-state index in [1.807, 2.05) is 0 Å². The van der Waals surface area contributed by atoms with Gasteiger partial charge in [0.25, 0.3) is 0 Å². The molecule has 0 bridgehead atoms. The molecule has 4 rings (SSSR count). The van der Waals surface area contributed by atoms with E-state index >= 15 is 0 Å². The Balaban J connectivity index is 2.19. The summed E-state index contributed by atoms with van der Waals surface area (Å²) < 4.78 is 0. The molecule has 0 aliphatic heterocycles. The summed E-state index contributed by atoms with van der Waals surface area (Å²) in [4.78, 5) is 0. The van der Waals surface area contributed by atoms with Gasteiger partial charge in [0.1, 0.15) is 7.59 Å². The van der Waals surface area contributed by atoms with Gasteiger partial charge in [-0.25, -0.2) is 0 Å². The molecule has 0 aromatic heterocycles. The summed E-state index contributed by atoms with van der Waals surface area (Å²) in [6.07, 6.45) is 5.09. The number of rotatable bonds is 11. The second-order valence-corrected chi connectivity index (χ2v) is 21.6. The Morgan fingerprint density at radius 3 is 1.00 bits per heavy atom. The van der Waals surface area contributed by atoms with Crippen molar-refractivity contribution in [2.45, 2.75) is 51.6 Å². The zero-order valence-electron chi connectivity index (χ0n) is 20.8. The zero-order valence-corrected chi connectivity index (χ0v) is 22.8. The van der Waals surface area contributed by atoms with Gasteiger partial charge in [-0.2, -0.15) is 0 Å². The Hall–Kier alpha value is -2.69. The highest BCUT2D eigenvalue weighted by atomic mass is 29.3. The summed E-state index contributed by atoms with van der Waals surface area (Å²) in [5.41, 5.74) is 0. The number of benzene rings is 4. The molecule has 174 valence electrons. The van der Waals surface area contributed by atoms with E-state index in [1.54, 1.807) is 20.7 Å². The van der Waals surface area contributed by atoms with E-state index < -0.39 is 15.2 Å². The summed E-state index contributed by atoms with van der Waals surface area (Å²) in [6.45, 7) is 4.72. The second-order valence-electron chi connectivity index (χ2n) is 9.50. The van der Waals surface area contributed by atoms with Crippen LogP contribution in [0.5, 0.6) is 0 Å². The average molecular weight is 479 g/mol. The number of hydrogen-bond acceptors (Lipinski definition) is 0. The average Bonchev–Trinajstić information content (AvgIpc) is 2.92. The van der Waals surface area contributed by atoms with Crippen LogP contribution in [0.4, 0.5) is 0 Å². The van der Waals surface area contributed by atoms with Crippen molar-refractivity contribution in [3.63, 3.8) is 0 Å². The largest absolute Gasteiger partial charge is 0.144 e. The van der Waals surface area contributed by atoms with Gasteiger partial charge < -0.3 is 0 Å². The third-order valence-corrected chi connectivity index (χ3v) is 25.7. The standard InChI is InChI=1S/C32H38Si2/c1-3-5-27-33(28-6-4-2,29-19-11-7-12-20-29)34(30-21-13-8-14-22-30,31-23-15-9-16-24-31)32-25-17-10-18-26-32/h7-26H,3-6,27-28H2,1-2H3. The maximum absolute atomic E-state index is 2.48. The predicted molar refractivity (Wildman–Crippen MR) is 155 cm³/mol. The first kappa shape index (κ1) is 24.4. The van der Waals surface area contributed by atoms with Crippen molar-refractivity contribution in [3.8, 4) is 0 Å². The van der Waals surface area contributed by atoms with E-state index in [-0.39, 0.29) is 0 Å². The number of hydrogen-bond donors (Lipinski definition) is 0. The normalized spacial score (nSPS) is 11.9. The maximum atomic E-state index is 2.48. The molecule has 0 saturated heterocycles. The molecule has 2 heteroatoms. The van der Waals surface area contributed by atoms with Crippen molar-refractivity contribution >= 4 is 35.9 Å². The third-order valence-electron chi connectivity index (χ3n) is 7.58. The van der Waals surface area contributed by atoms with Crippen LogP contribution in [0.1, 0.15) is 39.5 Å². The predicted octanol–water partition coefficient (Wildman–Crippen LogP) is 6.19. The van der Waals surface area contributed by atoms with Gasteiger partial charge >= 0.3 is 0 Å². The minimum Gasteiger partial charge on any atom is -0.0654 e. The van der Waals surface area contributed by atoms with Gasteiger partial charge in [-0.3, -0.25) is 0 Å². The van der Waals surface area contributed by atoms with Gasteiger partial charge in [-0.1, -0.05) is 194 Å². The Labute approximate surface area is 208 Å². The minimum atomic E-state index is -2.38. The van der Waals surface area contributed by atoms with Crippen LogP contribution in [0.15, 0.2) is 121 Å². The Morgan fingerprint density at radius 1 is 0.412 bits per heavy atom. The zero-order chi connectivity index (χ0) is 23.7. The van der Waals surface area contributed by atoms with E-state index in [1.165, 1.54) is 37.8 Å². The lowest BCUT2D eigenvalue weighted by molar-refractivity contribution is 0.840. The Bertz CT molecular complexity index is 1000. The maximum Gasteiger partial charge on any atom is 0.144 e. The molecule has 0 N–H and O–H groups in total. The van der Waals surface area contributed by atoms with Gasteiger partial charge in [0.15, 0.2) is 0 Å². The van der Waals surface area contributed by atoms with Crippen molar-refractivity contribution in [2.75, 3.05) is 0 Å². The lowest BCUT2D eigenvalue weighted by Gasteiger charge is -2.50. The van der Waals surface area contributed by atoms with Crippen LogP contribution in [-0.4, -0.2) is 15.2 Å². The lowest BCUT2D eigenvalue weighted by atomic mass is 10.3. The quantitative estimate of drug-likeness (QED) is 0.178. The molecule has 0 saturated carbocycles. The van der Waals surface area contributed by atoms with Gasteiger partial charge in [-0.15, -0.1) is 0 Å². The topological polar surface area (TPSA) is 0 Å². The van der Waals surface area contributed by atoms with Crippen LogP contribution in [0, 0.1) is 0 Å². The first-order valence-corrected chi connectivity index (χ1v) is 18.4. The first-order chi connectivity index (χ1) is 16.8. The molecule has 0 radical (unpaired) electrons. The molecule has 0 spiro atoms. The van der Waals surface area contributed by atoms with Crippen LogP contribution in [0.3, 0.4) is 0 Å². The van der Waals surface area contributed by atoms with Crippen molar-refractivity contribution in [1.29, 1.82) is 0 Å². The molecule has 0 aliphatic carbocycles. The van der Waals surface area contributed by atoms with Gasteiger partial charge in [-0.05, 0) is 0 Å². The minimum absolute atomic E-state index is 1.25. The van der Waals surface area contributed by atoms with Gasteiger partial charge in [0, 0.05) is 0 Å². The van der Waals surface area contributed by atoms with Crippen LogP contribution >= 0.6 is 0 Å². The van der Waals surface area contributed by atoms with E-state index in [9.17, 15) is 0 Å². The molecular weight excluding hydrogens is 441 g/mol. The monoisotopic (exact) mass is 478 g/mol. The van der Waals surface area contributed by atoms with Crippen molar-refractivity contribution < 1.29 is 0 Å². The highest BCUT2D eigenvalue weighted by Crippen LogP contribution is 2.32. The highest BCUT2D eigenvalue weighted by molar-refractivity contribution is 7.60. The van der Waals surface area contributed by atoms with Gasteiger partial charge in [0.2, 0.25) is 0 Å². The number of unbranched alkanes of at least 4 members (excludes halogenated alkanes) is 2. The lowest BCUT2D eigenvalue weighted by Crippen LogP contribution is -2.86. The fourth-order valence-electron chi connectivity index (χ4n) is 6.11. The van der Waals surface area contributed by atoms with Gasteiger partial charge in [0.05, 0.1) is 7.59 Å². The Kier molecular flexibility index (Phi) is 8.36. The first-order valence-electron chi connectivity index (χ1n) is 13.0. The molecule has 0 atom stereocenters. The third kappa shape index (κ3) is 4.49. The molecule has 4 aromatic carbocycles. The summed E-state index contributed by atoms with van der Waals surface area (Å²) in [5.74, 6) is 0. The molecule has 0 aliphatic rings. The van der Waals surface area contributed by atoms with E-state index in [4.69, 9.17) is 0 Å². The van der Waals surface area contributed by atoms with E-state index in [0.29, 0.717) is 0 Å². The van der Waals surface area contributed by atoms with Crippen LogP contribution < -0.4 is 20.7 Å². The molecule has 0 unspecified atom stereocenters. The molecule has 0 nitrogen and oxygen atoms in total. The second kappa shape index (κ2) is 11.6.